The van der Waals surface area contributed by atoms with Crippen LogP contribution in [-0.2, 0) is 4.79 Å². The third-order valence-corrected chi connectivity index (χ3v) is 7.83. The van der Waals surface area contributed by atoms with Gasteiger partial charge in [-0.3, -0.25) is 4.79 Å². The number of carbonyl (C=O) groups is 1. The van der Waals surface area contributed by atoms with Crippen molar-refractivity contribution in [1.82, 2.24) is 9.80 Å². The average Bonchev–Trinajstić information content (AvgIpc) is 3.49. The fourth-order valence-corrected chi connectivity index (χ4v) is 5.66. The van der Waals surface area contributed by atoms with Gasteiger partial charge in [-0.1, -0.05) is 36.8 Å². The first kappa shape index (κ1) is 22.4. The minimum Gasteiger partial charge on any atom is -0.368 e. The maximum Gasteiger partial charge on any atom is 0.226 e. The number of hydrogen-bond acceptors (Lipinski definition) is 3. The van der Waals surface area contributed by atoms with Crippen molar-refractivity contribution in [3.05, 3.63) is 42.0 Å². The molecule has 0 aromatic heterocycles. The Labute approximate surface area is 189 Å². The number of piperidine rings is 1. The maximum atomic E-state index is 13.2. The molecule has 3 fully saturated rings. The lowest BCUT2D eigenvalue weighted by atomic mass is 9.89. The topological polar surface area (TPSA) is 26.8 Å². The molecule has 0 N–H and O–H groups in total. The number of benzene rings is 1. The van der Waals surface area contributed by atoms with Gasteiger partial charge in [0, 0.05) is 44.3 Å². The molecule has 2 saturated heterocycles. The van der Waals surface area contributed by atoms with Gasteiger partial charge in [-0.25, -0.2) is 0 Å². The molecular formula is C27H41N3O. The predicted octanol–water partition coefficient (Wildman–Crippen LogP) is 4.82. The van der Waals surface area contributed by atoms with Crippen LogP contribution in [0.3, 0.4) is 0 Å². The molecule has 4 heteroatoms. The van der Waals surface area contributed by atoms with Crippen LogP contribution in [0.5, 0.6) is 0 Å². The molecule has 1 saturated carbocycles. The number of nitrogens with zero attached hydrogens (tertiary/aromatic N) is 3. The van der Waals surface area contributed by atoms with Gasteiger partial charge in [-0.15, -0.1) is 0 Å². The highest BCUT2D eigenvalue weighted by molar-refractivity contribution is 5.83. The summed E-state index contributed by atoms with van der Waals surface area (Å²) in [7, 11) is 0. The summed E-state index contributed by atoms with van der Waals surface area (Å²) in [5.74, 6) is 1.49. The van der Waals surface area contributed by atoms with Gasteiger partial charge in [0.25, 0.3) is 0 Å². The van der Waals surface area contributed by atoms with Crippen molar-refractivity contribution in [1.29, 1.82) is 0 Å². The minimum absolute atomic E-state index is 0.299. The van der Waals surface area contributed by atoms with E-state index in [2.05, 4.69) is 71.9 Å². The summed E-state index contributed by atoms with van der Waals surface area (Å²) in [4.78, 5) is 20.4. The van der Waals surface area contributed by atoms with Crippen molar-refractivity contribution in [2.24, 2.45) is 17.3 Å². The SMILES string of the molecule is CC(C)=CCC[C@@H](C)CN1CCC2(CC1)C[C@H]2C(=O)N1CCN(c2ccccc2)CC1. The zero-order chi connectivity index (χ0) is 21.8. The number of allylic oxidation sites excluding steroid dienone is 2. The van der Waals surface area contributed by atoms with Gasteiger partial charge in [0.15, 0.2) is 0 Å². The van der Waals surface area contributed by atoms with Crippen LogP contribution in [0.1, 0.15) is 52.9 Å². The first-order valence-corrected chi connectivity index (χ1v) is 12.4. The Kier molecular flexibility index (Phi) is 7.05. The van der Waals surface area contributed by atoms with Crippen LogP contribution in [0.4, 0.5) is 5.69 Å². The van der Waals surface area contributed by atoms with E-state index in [9.17, 15) is 4.79 Å². The zero-order valence-corrected chi connectivity index (χ0v) is 19.9. The molecule has 2 atom stereocenters. The largest absolute Gasteiger partial charge is 0.368 e. The molecule has 0 radical (unpaired) electrons. The van der Waals surface area contributed by atoms with Crippen LogP contribution in [0.2, 0.25) is 0 Å². The highest BCUT2D eigenvalue weighted by atomic mass is 16.2. The summed E-state index contributed by atoms with van der Waals surface area (Å²) in [6, 6.07) is 10.6. The number of carbonyl (C=O) groups excluding carboxylic acids is 1. The molecule has 1 aromatic carbocycles. The Morgan fingerprint density at radius 1 is 1.06 bits per heavy atom. The predicted molar refractivity (Wildman–Crippen MR) is 129 cm³/mol. The Hall–Kier alpha value is -1.81. The molecule has 2 heterocycles. The van der Waals surface area contributed by atoms with Gasteiger partial charge in [0.2, 0.25) is 5.91 Å². The highest BCUT2D eigenvalue weighted by Crippen LogP contribution is 2.60. The van der Waals surface area contributed by atoms with Crippen LogP contribution < -0.4 is 4.90 Å². The lowest BCUT2D eigenvalue weighted by Gasteiger charge is -2.37. The Morgan fingerprint density at radius 2 is 1.74 bits per heavy atom. The van der Waals surface area contributed by atoms with E-state index in [4.69, 9.17) is 0 Å². The van der Waals surface area contributed by atoms with E-state index in [1.807, 2.05) is 0 Å². The van der Waals surface area contributed by atoms with Crippen LogP contribution in [0.15, 0.2) is 42.0 Å². The maximum absolute atomic E-state index is 13.2. The van der Waals surface area contributed by atoms with Crippen LogP contribution in [0, 0.1) is 17.3 Å². The monoisotopic (exact) mass is 423 g/mol. The number of para-hydroxylation sites is 1. The van der Waals surface area contributed by atoms with Crippen LogP contribution in [0.25, 0.3) is 0 Å². The van der Waals surface area contributed by atoms with Crippen molar-refractivity contribution in [3.63, 3.8) is 0 Å². The standard InChI is InChI=1S/C27H41N3O/c1-22(2)8-7-9-23(3)21-28-14-12-27(13-15-28)20-25(27)26(31)30-18-16-29(17-19-30)24-10-5-4-6-11-24/h4-6,8,10-11,23,25H,7,9,12-21H2,1-3H3/t23-,25+/m1/s1. The second kappa shape index (κ2) is 9.77. The zero-order valence-electron chi connectivity index (χ0n) is 19.9. The second-order valence-corrected chi connectivity index (χ2v) is 10.5. The van der Waals surface area contributed by atoms with E-state index >= 15 is 0 Å². The molecule has 0 bridgehead atoms. The van der Waals surface area contributed by atoms with E-state index in [1.54, 1.807) is 0 Å². The van der Waals surface area contributed by atoms with E-state index < -0.39 is 0 Å². The van der Waals surface area contributed by atoms with Crippen molar-refractivity contribution < 1.29 is 4.79 Å². The van der Waals surface area contributed by atoms with E-state index in [1.165, 1.54) is 56.6 Å². The number of rotatable bonds is 7. The summed E-state index contributed by atoms with van der Waals surface area (Å²) in [5, 5.41) is 0. The van der Waals surface area contributed by atoms with Crippen LogP contribution >= 0.6 is 0 Å². The molecule has 0 unspecified atom stereocenters. The third kappa shape index (κ3) is 5.52. The lowest BCUT2D eigenvalue weighted by Crippen LogP contribution is -2.50. The van der Waals surface area contributed by atoms with E-state index in [0.29, 0.717) is 17.2 Å². The van der Waals surface area contributed by atoms with E-state index in [-0.39, 0.29) is 0 Å². The van der Waals surface area contributed by atoms with Crippen molar-refractivity contribution in [2.45, 2.75) is 52.9 Å². The fraction of sp³-hybridized carbons (Fsp3) is 0.667. The Morgan fingerprint density at radius 3 is 2.39 bits per heavy atom. The quantitative estimate of drug-likeness (QED) is 0.588. The summed E-state index contributed by atoms with van der Waals surface area (Å²) in [5.41, 5.74) is 3.04. The number of likely N-dealkylation sites (tertiary alicyclic amines) is 1. The normalized spacial score (nSPS) is 24.2. The van der Waals surface area contributed by atoms with E-state index in [0.717, 1.165) is 38.5 Å². The fourth-order valence-electron chi connectivity index (χ4n) is 5.66. The summed E-state index contributed by atoms with van der Waals surface area (Å²) in [6.07, 6.45) is 8.41. The minimum atomic E-state index is 0.299. The number of amides is 1. The van der Waals surface area contributed by atoms with Crippen molar-refractivity contribution in [2.75, 3.05) is 50.7 Å². The Balaban J connectivity index is 1.19. The molecule has 3 aliphatic rings. The Bertz CT molecular complexity index is 754. The van der Waals surface area contributed by atoms with Gasteiger partial charge in [0.1, 0.15) is 0 Å². The number of hydrogen-bond donors (Lipinski definition) is 0. The third-order valence-electron chi connectivity index (χ3n) is 7.83. The molecule has 1 spiro atoms. The molecule has 1 aromatic rings. The molecule has 1 aliphatic carbocycles. The first-order valence-electron chi connectivity index (χ1n) is 12.4. The molecule has 4 rings (SSSR count). The number of anilines is 1. The van der Waals surface area contributed by atoms with Crippen LogP contribution in [-0.4, -0.2) is 61.5 Å². The molecule has 1 amide bonds. The molecule has 4 nitrogen and oxygen atoms in total. The summed E-state index contributed by atoms with van der Waals surface area (Å²) >= 11 is 0. The van der Waals surface area contributed by atoms with Gasteiger partial charge < -0.3 is 14.7 Å². The number of piperazine rings is 1. The molecule has 31 heavy (non-hydrogen) atoms. The highest BCUT2D eigenvalue weighted by Gasteiger charge is 2.59. The van der Waals surface area contributed by atoms with Gasteiger partial charge in [-0.05, 0) is 82.5 Å². The average molecular weight is 424 g/mol. The van der Waals surface area contributed by atoms with Crippen molar-refractivity contribution >= 4 is 11.6 Å². The molecular weight excluding hydrogens is 382 g/mol. The van der Waals surface area contributed by atoms with Gasteiger partial charge in [-0.2, -0.15) is 0 Å². The second-order valence-electron chi connectivity index (χ2n) is 10.5. The summed E-state index contributed by atoms with van der Waals surface area (Å²) in [6.45, 7) is 14.0. The molecule has 170 valence electrons. The molecule has 2 aliphatic heterocycles. The van der Waals surface area contributed by atoms with Gasteiger partial charge >= 0.3 is 0 Å². The van der Waals surface area contributed by atoms with Crippen molar-refractivity contribution in [3.8, 4) is 0 Å². The summed E-state index contributed by atoms with van der Waals surface area (Å²) < 4.78 is 0. The van der Waals surface area contributed by atoms with Gasteiger partial charge in [0.05, 0.1) is 0 Å². The smallest absolute Gasteiger partial charge is 0.226 e. The lowest BCUT2D eigenvalue weighted by molar-refractivity contribution is -0.134. The first-order chi connectivity index (χ1) is 15.0.